The van der Waals surface area contributed by atoms with Gasteiger partial charge in [0.25, 0.3) is 11.8 Å². The van der Waals surface area contributed by atoms with Gasteiger partial charge in [0, 0.05) is 40.7 Å². The Bertz CT molecular complexity index is 997. The van der Waals surface area contributed by atoms with Crippen LogP contribution in [0.15, 0.2) is 30.3 Å². The summed E-state index contributed by atoms with van der Waals surface area (Å²) >= 11 is 0. The lowest BCUT2D eigenvalue weighted by molar-refractivity contribution is 0.0583. The van der Waals surface area contributed by atoms with Crippen LogP contribution in [0.4, 0.5) is 5.69 Å². The number of imide groups is 1. The van der Waals surface area contributed by atoms with E-state index in [1.54, 1.807) is 0 Å². The van der Waals surface area contributed by atoms with Crippen LogP contribution < -0.4 is 4.90 Å². The maximum atomic E-state index is 13.3. The number of rotatable bonds is 5. The molecule has 2 heterocycles. The second-order valence-electron chi connectivity index (χ2n) is 10.3. The number of anilines is 1. The molecule has 0 unspecified atom stereocenters. The van der Waals surface area contributed by atoms with Crippen LogP contribution in [0, 0.1) is 0 Å². The number of carbonyl (C=O) groups is 2. The molecule has 31 heavy (non-hydrogen) atoms. The van der Waals surface area contributed by atoms with Gasteiger partial charge in [-0.3, -0.25) is 14.5 Å². The van der Waals surface area contributed by atoms with E-state index in [1.807, 2.05) is 24.3 Å². The summed E-state index contributed by atoms with van der Waals surface area (Å²) in [5.74, 6) is -0.421. The standard InChI is InChI=1S/C25H34N2O3Si/c1-25(2,3)31(4,5)30-17-16-27-23(28)19-11-9-10-18-21(26-14-7-6-8-15-26)13-12-20(22(18)19)24(27)29/h9-13H,6-8,14-17H2,1-5H3. The first-order valence-electron chi connectivity index (χ1n) is 11.4. The van der Waals surface area contributed by atoms with Crippen molar-refractivity contribution in [2.45, 2.75) is 58.2 Å². The molecule has 2 aliphatic heterocycles. The van der Waals surface area contributed by atoms with Crippen LogP contribution in [-0.4, -0.2) is 51.3 Å². The second kappa shape index (κ2) is 8.06. The Labute approximate surface area is 186 Å². The number of piperidine rings is 1. The van der Waals surface area contributed by atoms with E-state index < -0.39 is 8.32 Å². The molecule has 166 valence electrons. The van der Waals surface area contributed by atoms with Crippen LogP contribution in [0.1, 0.15) is 60.7 Å². The Hall–Kier alpha value is -2.18. The van der Waals surface area contributed by atoms with Gasteiger partial charge in [0.05, 0.1) is 13.2 Å². The second-order valence-corrected chi connectivity index (χ2v) is 15.1. The molecule has 0 bridgehead atoms. The monoisotopic (exact) mass is 438 g/mol. The SMILES string of the molecule is CC(C)(C)[Si](C)(C)OCCN1C(=O)c2cccc3c(N4CCCCC4)ccc(c23)C1=O. The molecule has 0 N–H and O–H groups in total. The van der Waals surface area contributed by atoms with Crippen LogP contribution in [0.25, 0.3) is 10.8 Å². The van der Waals surface area contributed by atoms with Crippen LogP contribution in [-0.2, 0) is 4.43 Å². The first-order valence-corrected chi connectivity index (χ1v) is 14.3. The van der Waals surface area contributed by atoms with Crippen molar-refractivity contribution >= 4 is 36.6 Å². The van der Waals surface area contributed by atoms with Crippen LogP contribution in [0.5, 0.6) is 0 Å². The number of nitrogens with zero attached hydrogens (tertiary/aromatic N) is 2. The minimum Gasteiger partial charge on any atom is -0.415 e. The number of hydrogen-bond donors (Lipinski definition) is 0. The molecule has 0 radical (unpaired) electrons. The lowest BCUT2D eigenvalue weighted by Crippen LogP contribution is -2.46. The molecule has 1 saturated heterocycles. The third kappa shape index (κ3) is 3.91. The summed E-state index contributed by atoms with van der Waals surface area (Å²) in [6, 6.07) is 9.80. The van der Waals surface area contributed by atoms with Gasteiger partial charge in [-0.05, 0) is 55.6 Å². The summed E-state index contributed by atoms with van der Waals surface area (Å²) < 4.78 is 6.24. The summed E-state index contributed by atoms with van der Waals surface area (Å²) in [4.78, 5) is 30.4. The van der Waals surface area contributed by atoms with Gasteiger partial charge in [-0.2, -0.15) is 0 Å². The predicted octanol–water partition coefficient (Wildman–Crippen LogP) is 5.45. The van der Waals surface area contributed by atoms with Gasteiger partial charge in [0.1, 0.15) is 0 Å². The van der Waals surface area contributed by atoms with Crippen molar-refractivity contribution < 1.29 is 14.0 Å². The van der Waals surface area contributed by atoms with E-state index in [0.29, 0.717) is 17.7 Å². The predicted molar refractivity (Wildman–Crippen MR) is 129 cm³/mol. The summed E-state index contributed by atoms with van der Waals surface area (Å²) in [6.07, 6.45) is 3.63. The molecular formula is C25H34N2O3Si. The van der Waals surface area contributed by atoms with E-state index in [0.717, 1.165) is 29.5 Å². The van der Waals surface area contributed by atoms with Crippen LogP contribution in [0.3, 0.4) is 0 Å². The average Bonchev–Trinajstić information content (AvgIpc) is 2.73. The molecule has 2 amide bonds. The third-order valence-corrected chi connectivity index (χ3v) is 11.8. The third-order valence-electron chi connectivity index (χ3n) is 7.25. The zero-order valence-electron chi connectivity index (χ0n) is 19.5. The summed E-state index contributed by atoms with van der Waals surface area (Å²) in [6.45, 7) is 13.7. The molecule has 0 saturated carbocycles. The van der Waals surface area contributed by atoms with Gasteiger partial charge in [0.15, 0.2) is 8.32 Å². The normalized spacial score (nSPS) is 17.6. The Morgan fingerprint density at radius 3 is 2.23 bits per heavy atom. The van der Waals surface area contributed by atoms with E-state index in [2.05, 4.69) is 44.8 Å². The van der Waals surface area contributed by atoms with Crippen molar-refractivity contribution in [3.8, 4) is 0 Å². The van der Waals surface area contributed by atoms with Gasteiger partial charge in [0.2, 0.25) is 0 Å². The largest absolute Gasteiger partial charge is 0.415 e. The van der Waals surface area contributed by atoms with Crippen molar-refractivity contribution in [2.24, 2.45) is 0 Å². The fraction of sp³-hybridized carbons (Fsp3) is 0.520. The lowest BCUT2D eigenvalue weighted by Gasteiger charge is -2.37. The summed E-state index contributed by atoms with van der Waals surface area (Å²) in [5, 5.41) is 1.91. The quantitative estimate of drug-likeness (QED) is 0.460. The topological polar surface area (TPSA) is 49.9 Å². The maximum absolute atomic E-state index is 13.3. The Morgan fingerprint density at radius 2 is 1.58 bits per heavy atom. The van der Waals surface area contributed by atoms with Crippen molar-refractivity contribution in [3.63, 3.8) is 0 Å². The molecule has 2 aromatic rings. The Morgan fingerprint density at radius 1 is 0.935 bits per heavy atom. The molecule has 0 atom stereocenters. The van der Waals surface area contributed by atoms with E-state index in [1.165, 1.54) is 24.2 Å². The van der Waals surface area contributed by atoms with E-state index in [-0.39, 0.29) is 23.4 Å². The zero-order chi connectivity index (χ0) is 22.4. The highest BCUT2D eigenvalue weighted by Gasteiger charge is 2.38. The molecule has 5 nitrogen and oxygen atoms in total. The van der Waals surface area contributed by atoms with Crippen molar-refractivity contribution in [3.05, 3.63) is 41.5 Å². The minimum atomic E-state index is -1.94. The zero-order valence-corrected chi connectivity index (χ0v) is 20.5. The highest BCUT2D eigenvalue weighted by Crippen LogP contribution is 2.38. The van der Waals surface area contributed by atoms with Crippen LogP contribution >= 0.6 is 0 Å². The molecule has 2 aromatic carbocycles. The summed E-state index contributed by atoms with van der Waals surface area (Å²) in [5.41, 5.74) is 2.38. The van der Waals surface area contributed by atoms with Gasteiger partial charge >= 0.3 is 0 Å². The molecule has 4 rings (SSSR count). The van der Waals surface area contributed by atoms with E-state index >= 15 is 0 Å². The highest BCUT2D eigenvalue weighted by atomic mass is 28.4. The molecule has 6 heteroatoms. The highest BCUT2D eigenvalue weighted by molar-refractivity contribution is 6.74. The van der Waals surface area contributed by atoms with Gasteiger partial charge in [-0.25, -0.2) is 0 Å². The van der Waals surface area contributed by atoms with E-state index in [4.69, 9.17) is 4.43 Å². The average molecular weight is 439 g/mol. The van der Waals surface area contributed by atoms with Gasteiger partial charge in [-0.1, -0.05) is 32.9 Å². The molecule has 0 aliphatic carbocycles. The van der Waals surface area contributed by atoms with E-state index in [9.17, 15) is 9.59 Å². The van der Waals surface area contributed by atoms with Gasteiger partial charge < -0.3 is 9.33 Å². The molecule has 1 fully saturated rings. The lowest BCUT2D eigenvalue weighted by atomic mass is 9.92. The van der Waals surface area contributed by atoms with Gasteiger partial charge in [-0.15, -0.1) is 0 Å². The maximum Gasteiger partial charge on any atom is 0.261 e. The smallest absolute Gasteiger partial charge is 0.261 e. The molecule has 2 aliphatic rings. The fourth-order valence-electron chi connectivity index (χ4n) is 4.35. The number of hydrogen-bond acceptors (Lipinski definition) is 4. The summed E-state index contributed by atoms with van der Waals surface area (Å²) in [7, 11) is -1.94. The Balaban J connectivity index is 1.62. The first-order chi connectivity index (χ1) is 14.6. The number of benzene rings is 2. The molecular weight excluding hydrogens is 404 g/mol. The molecule has 0 aromatic heterocycles. The first kappa shape index (κ1) is 22.0. The fourth-order valence-corrected chi connectivity index (χ4v) is 5.39. The molecule has 0 spiro atoms. The van der Waals surface area contributed by atoms with Crippen molar-refractivity contribution in [2.75, 3.05) is 31.1 Å². The van der Waals surface area contributed by atoms with Crippen molar-refractivity contribution in [1.29, 1.82) is 0 Å². The van der Waals surface area contributed by atoms with Crippen molar-refractivity contribution in [1.82, 2.24) is 4.90 Å². The van der Waals surface area contributed by atoms with Crippen LogP contribution in [0.2, 0.25) is 18.1 Å². The Kier molecular flexibility index (Phi) is 5.73. The number of amides is 2. The number of carbonyl (C=O) groups excluding carboxylic acids is 2. The minimum absolute atomic E-state index is 0.0892.